The fourth-order valence-electron chi connectivity index (χ4n) is 2.86. The molecule has 0 amide bonds. The minimum Gasteiger partial charge on any atom is -0.393 e. The molecule has 0 fully saturated rings. The summed E-state index contributed by atoms with van der Waals surface area (Å²) in [6.45, 7) is 6.01. The molecule has 0 radical (unpaired) electrons. The maximum absolute atomic E-state index is 9.95. The van der Waals surface area contributed by atoms with E-state index in [0.29, 0.717) is 0 Å². The second kappa shape index (κ2) is 17.8. The Bertz CT molecular complexity index is 200. The van der Waals surface area contributed by atoms with Crippen LogP contribution in [0, 0.1) is 0 Å². The molecule has 0 spiro atoms. The second-order valence-corrected chi connectivity index (χ2v) is 6.55. The summed E-state index contributed by atoms with van der Waals surface area (Å²) in [6, 6.07) is 0. The highest BCUT2D eigenvalue weighted by atomic mass is 16.3. The van der Waals surface area contributed by atoms with E-state index in [0.717, 1.165) is 19.3 Å². The number of unbranched alkanes of at least 4 members (excludes halogenated alkanes) is 12. The van der Waals surface area contributed by atoms with Crippen molar-refractivity contribution in [1.82, 2.24) is 0 Å². The van der Waals surface area contributed by atoms with Crippen molar-refractivity contribution in [3.05, 3.63) is 12.7 Å². The molecule has 0 aliphatic carbocycles. The van der Waals surface area contributed by atoms with Gasteiger partial charge in [0.1, 0.15) is 0 Å². The Hall–Kier alpha value is -0.300. The zero-order valence-electron chi connectivity index (χ0n) is 14.6. The summed E-state index contributed by atoms with van der Waals surface area (Å²) in [7, 11) is 0. The molecule has 1 unspecified atom stereocenters. The van der Waals surface area contributed by atoms with Crippen LogP contribution in [0.15, 0.2) is 12.7 Å². The lowest BCUT2D eigenvalue weighted by atomic mass is 10.0. The summed E-state index contributed by atoms with van der Waals surface area (Å²) in [5.74, 6) is 0. The van der Waals surface area contributed by atoms with Gasteiger partial charge in [0.15, 0.2) is 0 Å². The van der Waals surface area contributed by atoms with E-state index < -0.39 is 0 Å². The van der Waals surface area contributed by atoms with Crippen molar-refractivity contribution in [2.45, 2.75) is 116 Å². The van der Waals surface area contributed by atoms with Gasteiger partial charge in [0.25, 0.3) is 0 Å². The van der Waals surface area contributed by atoms with Crippen molar-refractivity contribution in [1.29, 1.82) is 0 Å². The van der Waals surface area contributed by atoms with Gasteiger partial charge in [-0.05, 0) is 25.7 Å². The van der Waals surface area contributed by atoms with Crippen LogP contribution in [0.2, 0.25) is 0 Å². The van der Waals surface area contributed by atoms with Gasteiger partial charge < -0.3 is 5.11 Å². The van der Waals surface area contributed by atoms with Gasteiger partial charge in [-0.2, -0.15) is 0 Å². The Kier molecular flexibility index (Phi) is 17.5. The van der Waals surface area contributed by atoms with Crippen LogP contribution < -0.4 is 0 Å². The van der Waals surface area contributed by atoms with Crippen LogP contribution in [0.1, 0.15) is 110 Å². The molecule has 0 rings (SSSR count). The number of aliphatic hydroxyl groups excluding tert-OH is 1. The van der Waals surface area contributed by atoms with Gasteiger partial charge in [0.2, 0.25) is 0 Å². The van der Waals surface area contributed by atoms with E-state index in [-0.39, 0.29) is 6.10 Å². The second-order valence-electron chi connectivity index (χ2n) is 6.55. The molecule has 0 bridgehead atoms. The van der Waals surface area contributed by atoms with E-state index in [1.54, 1.807) is 0 Å². The highest BCUT2D eigenvalue weighted by molar-refractivity contribution is 4.65. The summed E-state index contributed by atoms with van der Waals surface area (Å²) in [6.07, 6.45) is 22.4. The van der Waals surface area contributed by atoms with E-state index in [1.165, 1.54) is 83.5 Å². The van der Waals surface area contributed by atoms with Crippen molar-refractivity contribution in [2.24, 2.45) is 0 Å². The summed E-state index contributed by atoms with van der Waals surface area (Å²) in [5, 5.41) is 9.95. The van der Waals surface area contributed by atoms with Crippen LogP contribution in [-0.4, -0.2) is 11.2 Å². The summed E-state index contributed by atoms with van der Waals surface area (Å²) >= 11 is 0. The molecule has 0 saturated heterocycles. The number of hydrogen-bond acceptors (Lipinski definition) is 1. The van der Waals surface area contributed by atoms with Crippen LogP contribution in [0.5, 0.6) is 0 Å². The third-order valence-electron chi connectivity index (χ3n) is 4.34. The van der Waals surface area contributed by atoms with Crippen molar-refractivity contribution < 1.29 is 5.11 Å². The van der Waals surface area contributed by atoms with E-state index in [2.05, 4.69) is 13.5 Å². The third-order valence-corrected chi connectivity index (χ3v) is 4.34. The molecule has 1 nitrogen and oxygen atoms in total. The maximum Gasteiger partial charge on any atom is 0.0540 e. The molecule has 0 aliphatic rings. The van der Waals surface area contributed by atoms with Gasteiger partial charge in [-0.25, -0.2) is 0 Å². The zero-order chi connectivity index (χ0) is 15.6. The Labute approximate surface area is 134 Å². The summed E-state index contributed by atoms with van der Waals surface area (Å²) in [4.78, 5) is 0. The summed E-state index contributed by atoms with van der Waals surface area (Å²) in [5.41, 5.74) is 0. The molecule has 0 saturated carbocycles. The number of hydrogen-bond donors (Lipinski definition) is 1. The van der Waals surface area contributed by atoms with Crippen LogP contribution in [0.4, 0.5) is 0 Å². The number of aliphatic hydroxyl groups is 1. The first kappa shape index (κ1) is 20.7. The van der Waals surface area contributed by atoms with Crippen LogP contribution in [0.25, 0.3) is 0 Å². The number of allylic oxidation sites excluding steroid dienone is 1. The molecule has 0 aromatic heterocycles. The largest absolute Gasteiger partial charge is 0.393 e. The SMILES string of the molecule is C=CCCCCCCCCC(O)CCCCCCCCC. The average Bonchev–Trinajstić information content (AvgIpc) is 2.49. The first-order chi connectivity index (χ1) is 10.3. The zero-order valence-corrected chi connectivity index (χ0v) is 14.6. The first-order valence-corrected chi connectivity index (χ1v) is 9.60. The monoisotopic (exact) mass is 296 g/mol. The van der Waals surface area contributed by atoms with E-state index in [1.807, 2.05) is 6.08 Å². The van der Waals surface area contributed by atoms with Gasteiger partial charge in [-0.1, -0.05) is 90.0 Å². The van der Waals surface area contributed by atoms with E-state index >= 15 is 0 Å². The van der Waals surface area contributed by atoms with Crippen LogP contribution in [-0.2, 0) is 0 Å². The van der Waals surface area contributed by atoms with E-state index in [9.17, 15) is 5.11 Å². The molecule has 1 heteroatoms. The predicted octanol–water partition coefficient (Wildman–Crippen LogP) is 6.79. The standard InChI is InChI=1S/C20H40O/c1-3-5-7-9-11-13-15-17-19-20(21)18-16-14-12-10-8-6-4-2/h3,20-21H,1,4-19H2,2H3. The molecule has 0 heterocycles. The highest BCUT2D eigenvalue weighted by Crippen LogP contribution is 2.14. The smallest absolute Gasteiger partial charge is 0.0540 e. The lowest BCUT2D eigenvalue weighted by Gasteiger charge is -2.10. The van der Waals surface area contributed by atoms with Gasteiger partial charge in [0.05, 0.1) is 6.10 Å². The van der Waals surface area contributed by atoms with Crippen molar-refractivity contribution in [3.8, 4) is 0 Å². The quantitative estimate of drug-likeness (QED) is 0.231. The Morgan fingerprint density at radius 3 is 1.62 bits per heavy atom. The van der Waals surface area contributed by atoms with Gasteiger partial charge >= 0.3 is 0 Å². The molecule has 0 aromatic rings. The lowest BCUT2D eigenvalue weighted by Crippen LogP contribution is -2.05. The predicted molar refractivity (Wildman–Crippen MR) is 95.7 cm³/mol. The maximum atomic E-state index is 9.95. The van der Waals surface area contributed by atoms with E-state index in [4.69, 9.17) is 0 Å². The Morgan fingerprint density at radius 2 is 1.14 bits per heavy atom. The summed E-state index contributed by atoms with van der Waals surface area (Å²) < 4.78 is 0. The normalized spacial score (nSPS) is 12.5. The van der Waals surface area contributed by atoms with Crippen molar-refractivity contribution >= 4 is 0 Å². The van der Waals surface area contributed by atoms with Gasteiger partial charge in [0, 0.05) is 0 Å². The molecule has 21 heavy (non-hydrogen) atoms. The number of rotatable bonds is 17. The van der Waals surface area contributed by atoms with Crippen molar-refractivity contribution in [3.63, 3.8) is 0 Å². The van der Waals surface area contributed by atoms with Crippen molar-refractivity contribution in [2.75, 3.05) is 0 Å². The van der Waals surface area contributed by atoms with Crippen LogP contribution >= 0.6 is 0 Å². The molecular weight excluding hydrogens is 256 g/mol. The first-order valence-electron chi connectivity index (χ1n) is 9.60. The molecule has 1 atom stereocenters. The molecule has 1 N–H and O–H groups in total. The fourth-order valence-corrected chi connectivity index (χ4v) is 2.86. The molecule has 126 valence electrons. The Balaban J connectivity index is 3.12. The third kappa shape index (κ3) is 17.6. The lowest BCUT2D eigenvalue weighted by molar-refractivity contribution is 0.147. The fraction of sp³-hybridized carbons (Fsp3) is 0.900. The molecule has 0 aromatic carbocycles. The highest BCUT2D eigenvalue weighted by Gasteiger charge is 2.03. The van der Waals surface area contributed by atoms with Gasteiger partial charge in [-0.15, -0.1) is 6.58 Å². The molecule has 0 aliphatic heterocycles. The molecular formula is C20H40O. The minimum absolute atomic E-state index is 0.0404. The topological polar surface area (TPSA) is 20.2 Å². The van der Waals surface area contributed by atoms with Gasteiger partial charge in [-0.3, -0.25) is 0 Å². The average molecular weight is 297 g/mol. The minimum atomic E-state index is -0.0404. The van der Waals surface area contributed by atoms with Crippen LogP contribution in [0.3, 0.4) is 0 Å². The Morgan fingerprint density at radius 1 is 0.714 bits per heavy atom.